The van der Waals surface area contributed by atoms with E-state index in [0.717, 1.165) is 92.3 Å². The maximum absolute atomic E-state index is 13.9. The number of nitrogens with zero attached hydrogens (tertiary/aromatic N) is 7. The molecule has 208 valence electrons. The summed E-state index contributed by atoms with van der Waals surface area (Å²) in [5.74, 6) is 2.96. The Morgan fingerprint density at radius 2 is 1.82 bits per heavy atom. The third-order valence-corrected chi connectivity index (χ3v) is 7.75. The molecule has 1 unspecified atom stereocenters. The molecule has 39 heavy (non-hydrogen) atoms. The molecule has 5 rings (SSSR count). The zero-order chi connectivity index (χ0) is 27.5. The SMILES string of the molecule is Cc1cc(OCCN(C)C)cnc1N1CCN(c2cc(-c3ccc(F)c(Cl)c3)nc(N3CCCC3C)n2)CC1. The lowest BCUT2D eigenvalue weighted by atomic mass is 10.1. The first-order valence-corrected chi connectivity index (χ1v) is 14.0. The van der Waals surface area contributed by atoms with E-state index in [9.17, 15) is 4.39 Å². The zero-order valence-corrected chi connectivity index (χ0v) is 24.0. The van der Waals surface area contributed by atoms with E-state index in [0.29, 0.717) is 12.6 Å². The molecule has 0 saturated carbocycles. The topological polar surface area (TPSA) is 60.9 Å². The fraction of sp³-hybridized carbons (Fsp3) is 0.483. The van der Waals surface area contributed by atoms with Gasteiger partial charge in [-0.3, -0.25) is 0 Å². The van der Waals surface area contributed by atoms with Crippen molar-refractivity contribution in [2.75, 3.05) is 74.7 Å². The van der Waals surface area contributed by atoms with Gasteiger partial charge in [0.1, 0.15) is 29.8 Å². The van der Waals surface area contributed by atoms with Gasteiger partial charge in [-0.2, -0.15) is 4.98 Å². The molecule has 2 fully saturated rings. The van der Waals surface area contributed by atoms with E-state index < -0.39 is 5.82 Å². The second kappa shape index (κ2) is 11.9. The Morgan fingerprint density at radius 1 is 1.05 bits per heavy atom. The summed E-state index contributed by atoms with van der Waals surface area (Å²) in [6, 6.07) is 9.20. The maximum Gasteiger partial charge on any atom is 0.228 e. The van der Waals surface area contributed by atoms with Gasteiger partial charge in [0.2, 0.25) is 5.95 Å². The molecule has 2 aliphatic heterocycles. The van der Waals surface area contributed by atoms with Gasteiger partial charge in [-0.15, -0.1) is 0 Å². The van der Waals surface area contributed by atoms with Crippen LogP contribution in [0.25, 0.3) is 11.3 Å². The van der Waals surface area contributed by atoms with Crippen LogP contribution < -0.4 is 19.4 Å². The lowest BCUT2D eigenvalue weighted by Crippen LogP contribution is -2.47. The van der Waals surface area contributed by atoms with E-state index in [4.69, 9.17) is 31.3 Å². The Balaban J connectivity index is 1.33. The monoisotopic (exact) mass is 553 g/mol. The number of halogens is 2. The minimum Gasteiger partial charge on any atom is -0.491 e. The molecular formula is C29H37ClFN7O. The molecule has 2 aliphatic rings. The molecule has 1 aromatic carbocycles. The summed E-state index contributed by atoms with van der Waals surface area (Å²) in [7, 11) is 4.06. The van der Waals surface area contributed by atoms with Crippen LogP contribution in [0, 0.1) is 12.7 Å². The number of pyridine rings is 1. The van der Waals surface area contributed by atoms with Gasteiger partial charge >= 0.3 is 0 Å². The van der Waals surface area contributed by atoms with Crippen molar-refractivity contribution in [3.8, 4) is 17.0 Å². The molecule has 1 atom stereocenters. The normalized spacial score (nSPS) is 17.8. The average molecular weight is 554 g/mol. The second-order valence-corrected chi connectivity index (χ2v) is 11.1. The Morgan fingerprint density at radius 3 is 2.49 bits per heavy atom. The van der Waals surface area contributed by atoms with Crippen molar-refractivity contribution in [3.05, 3.63) is 52.9 Å². The molecule has 4 heterocycles. The highest BCUT2D eigenvalue weighted by Crippen LogP contribution is 2.31. The van der Waals surface area contributed by atoms with E-state index in [-0.39, 0.29) is 5.02 Å². The summed E-state index contributed by atoms with van der Waals surface area (Å²) >= 11 is 6.12. The number of aryl methyl sites for hydroxylation is 1. The molecule has 8 nitrogen and oxygen atoms in total. The smallest absolute Gasteiger partial charge is 0.228 e. The minimum atomic E-state index is -0.434. The molecular weight excluding hydrogens is 517 g/mol. The molecule has 10 heteroatoms. The number of aromatic nitrogens is 3. The fourth-order valence-electron chi connectivity index (χ4n) is 5.19. The lowest BCUT2D eigenvalue weighted by Gasteiger charge is -2.37. The zero-order valence-electron chi connectivity index (χ0n) is 23.2. The molecule has 2 aromatic heterocycles. The van der Waals surface area contributed by atoms with Gasteiger partial charge in [-0.25, -0.2) is 14.4 Å². The predicted octanol–water partition coefficient (Wildman–Crippen LogP) is 4.90. The minimum absolute atomic E-state index is 0.0920. The predicted molar refractivity (Wildman–Crippen MR) is 156 cm³/mol. The Hall–Kier alpha value is -3.17. The Kier molecular flexibility index (Phi) is 8.37. The maximum atomic E-state index is 13.9. The van der Waals surface area contributed by atoms with E-state index in [1.54, 1.807) is 12.1 Å². The molecule has 0 radical (unpaired) electrons. The summed E-state index contributed by atoms with van der Waals surface area (Å²) in [4.78, 5) is 23.6. The molecule has 0 amide bonds. The number of piperazine rings is 1. The lowest BCUT2D eigenvalue weighted by molar-refractivity contribution is 0.260. The summed E-state index contributed by atoms with van der Waals surface area (Å²) < 4.78 is 19.7. The Labute approximate surface area is 235 Å². The summed E-state index contributed by atoms with van der Waals surface area (Å²) in [5.41, 5.74) is 2.64. The number of benzene rings is 1. The first-order valence-electron chi connectivity index (χ1n) is 13.6. The Bertz CT molecular complexity index is 1300. The van der Waals surface area contributed by atoms with Crippen LogP contribution in [0.2, 0.25) is 5.02 Å². The number of hydrogen-bond acceptors (Lipinski definition) is 8. The summed E-state index contributed by atoms with van der Waals surface area (Å²) in [5, 5.41) is 0.0920. The van der Waals surface area contributed by atoms with Crippen LogP contribution in [-0.2, 0) is 0 Å². The van der Waals surface area contributed by atoms with Gasteiger partial charge in [-0.1, -0.05) is 11.6 Å². The van der Waals surface area contributed by atoms with Crippen molar-refractivity contribution >= 4 is 29.2 Å². The standard InChI is InChI=1S/C29H37ClFN7O/c1-20-16-23(39-15-14-35(3)4)19-32-28(20)37-12-10-36(11-13-37)27-18-26(22-7-8-25(31)24(30)17-22)33-29(34-27)38-9-5-6-21(38)2/h7-8,16-19,21H,5-6,9-15H2,1-4H3. The van der Waals surface area contributed by atoms with E-state index in [1.165, 1.54) is 6.07 Å². The first-order chi connectivity index (χ1) is 18.8. The van der Waals surface area contributed by atoms with Gasteiger partial charge in [0.05, 0.1) is 16.9 Å². The molecule has 0 bridgehead atoms. The van der Waals surface area contributed by atoms with Crippen molar-refractivity contribution < 1.29 is 9.13 Å². The van der Waals surface area contributed by atoms with Crippen LogP contribution in [0.5, 0.6) is 5.75 Å². The van der Waals surface area contributed by atoms with Crippen molar-refractivity contribution in [1.29, 1.82) is 0 Å². The largest absolute Gasteiger partial charge is 0.491 e. The summed E-state index contributed by atoms with van der Waals surface area (Å²) in [6.45, 7) is 9.98. The first kappa shape index (κ1) is 27.4. The highest BCUT2D eigenvalue weighted by atomic mass is 35.5. The van der Waals surface area contributed by atoms with Crippen LogP contribution in [0.1, 0.15) is 25.3 Å². The molecule has 0 spiro atoms. The third-order valence-electron chi connectivity index (χ3n) is 7.46. The molecule has 2 saturated heterocycles. The van der Waals surface area contributed by atoms with E-state index >= 15 is 0 Å². The van der Waals surface area contributed by atoms with Crippen LogP contribution in [0.3, 0.4) is 0 Å². The van der Waals surface area contributed by atoms with Crippen LogP contribution in [0.15, 0.2) is 36.5 Å². The van der Waals surface area contributed by atoms with E-state index in [1.807, 2.05) is 26.4 Å². The van der Waals surface area contributed by atoms with Crippen molar-refractivity contribution in [2.45, 2.75) is 32.7 Å². The second-order valence-electron chi connectivity index (χ2n) is 10.7. The van der Waals surface area contributed by atoms with Gasteiger partial charge in [0.15, 0.2) is 0 Å². The van der Waals surface area contributed by atoms with Gasteiger partial charge < -0.3 is 24.3 Å². The summed E-state index contributed by atoms with van der Waals surface area (Å²) in [6.07, 6.45) is 4.06. The highest BCUT2D eigenvalue weighted by molar-refractivity contribution is 6.31. The van der Waals surface area contributed by atoms with E-state index in [2.05, 4.69) is 39.5 Å². The van der Waals surface area contributed by atoms with Crippen LogP contribution >= 0.6 is 11.6 Å². The molecule has 3 aromatic rings. The fourth-order valence-corrected chi connectivity index (χ4v) is 5.37. The van der Waals surface area contributed by atoms with Crippen molar-refractivity contribution in [3.63, 3.8) is 0 Å². The van der Waals surface area contributed by atoms with Crippen LogP contribution in [-0.4, -0.2) is 85.9 Å². The van der Waals surface area contributed by atoms with Crippen molar-refractivity contribution in [2.24, 2.45) is 0 Å². The third kappa shape index (κ3) is 6.36. The van der Waals surface area contributed by atoms with Gasteiger partial charge in [0.25, 0.3) is 0 Å². The number of ether oxygens (including phenoxy) is 1. The van der Waals surface area contributed by atoms with Crippen molar-refractivity contribution in [1.82, 2.24) is 19.9 Å². The van der Waals surface area contributed by atoms with Gasteiger partial charge in [0, 0.05) is 56.9 Å². The number of anilines is 3. The number of likely N-dealkylation sites (N-methyl/N-ethyl adjacent to an activating group) is 1. The quantitative estimate of drug-likeness (QED) is 0.390. The average Bonchev–Trinajstić information content (AvgIpc) is 3.36. The highest BCUT2D eigenvalue weighted by Gasteiger charge is 2.26. The number of rotatable bonds is 8. The molecule has 0 N–H and O–H groups in total. The molecule has 0 aliphatic carbocycles. The number of hydrogen-bond donors (Lipinski definition) is 0. The van der Waals surface area contributed by atoms with Gasteiger partial charge in [-0.05, 0) is 70.6 Å². The van der Waals surface area contributed by atoms with Crippen LogP contribution in [0.4, 0.5) is 22.0 Å².